The number of nitrogens with one attached hydrogen (secondary N) is 1. The van der Waals surface area contributed by atoms with E-state index in [0.717, 1.165) is 11.8 Å². The average molecular weight is 500 g/mol. The number of carbonyl (C=O) groups excluding carboxylic acids is 1. The zero-order chi connectivity index (χ0) is 16.3. The Hall–Kier alpha value is -1.01. The van der Waals surface area contributed by atoms with Crippen molar-refractivity contribution in [3.63, 3.8) is 0 Å². The van der Waals surface area contributed by atoms with Crippen molar-refractivity contribution in [3.8, 4) is 0 Å². The molecule has 22 heavy (non-hydrogen) atoms. The summed E-state index contributed by atoms with van der Waals surface area (Å²) in [5.74, 6) is -1.86. The number of halogens is 3. The Kier molecular flexibility index (Phi) is 5.92. The molecule has 2 rings (SSSR count). The van der Waals surface area contributed by atoms with Gasteiger partial charge in [0.25, 0.3) is 0 Å². The van der Waals surface area contributed by atoms with Gasteiger partial charge in [-0.3, -0.25) is 9.59 Å². The normalized spacial score (nSPS) is 19.9. The average Bonchev–Trinajstić information content (AvgIpc) is 2.78. The summed E-state index contributed by atoms with van der Waals surface area (Å²) in [4.78, 5) is 22.1. The Morgan fingerprint density at radius 1 is 1.59 bits per heavy atom. The summed E-state index contributed by atoms with van der Waals surface area (Å²) in [6, 6.07) is 3.23. The molecule has 116 valence electrons. The largest absolute Gasteiger partial charge is 0.481 e. The Labute approximate surface area is 150 Å². The Balaban J connectivity index is 2.08. The van der Waals surface area contributed by atoms with Gasteiger partial charge in [-0.05, 0) is 44.6 Å². The van der Waals surface area contributed by atoms with Crippen molar-refractivity contribution in [3.05, 3.63) is 31.6 Å². The highest BCUT2D eigenvalue weighted by Gasteiger charge is 2.32. The molecule has 1 aromatic rings. The maximum absolute atomic E-state index is 13.7. The summed E-state index contributed by atoms with van der Waals surface area (Å²) in [5, 5.41) is 18.2. The Bertz CT molecular complexity index is 698. The van der Waals surface area contributed by atoms with Crippen molar-refractivity contribution in [2.75, 3.05) is 0 Å². The number of carboxylic acids is 1. The highest BCUT2D eigenvalue weighted by molar-refractivity contribution is 14.1. The third-order valence-corrected chi connectivity index (χ3v) is 5.33. The van der Waals surface area contributed by atoms with Crippen LogP contribution in [0.25, 0.3) is 0 Å². The maximum atomic E-state index is 13.7. The molecule has 2 N–H and O–H groups in total. The van der Waals surface area contributed by atoms with Gasteiger partial charge in [-0.1, -0.05) is 17.8 Å². The number of amidine groups is 1. The highest BCUT2D eigenvalue weighted by atomic mass is 127. The van der Waals surface area contributed by atoms with E-state index in [9.17, 15) is 14.0 Å². The van der Waals surface area contributed by atoms with Gasteiger partial charge in [0.15, 0.2) is 11.0 Å². The number of hydrogen-bond donors (Lipinski definition) is 2. The predicted molar refractivity (Wildman–Crippen MR) is 93.6 cm³/mol. The molecule has 1 aliphatic heterocycles. The van der Waals surface area contributed by atoms with Gasteiger partial charge in [0.2, 0.25) is 5.91 Å². The molecule has 0 radical (unpaired) electrons. The summed E-state index contributed by atoms with van der Waals surface area (Å²) >= 11 is 5.94. The molecule has 0 aliphatic carbocycles. The Morgan fingerprint density at radius 3 is 3.00 bits per heavy atom. The number of benzene rings is 1. The van der Waals surface area contributed by atoms with Crippen molar-refractivity contribution in [2.24, 2.45) is 10.2 Å². The predicted octanol–water partition coefficient (Wildman–Crippen LogP) is 2.59. The van der Waals surface area contributed by atoms with Gasteiger partial charge in [0.05, 0.1) is 20.7 Å². The van der Waals surface area contributed by atoms with Gasteiger partial charge in [-0.15, -0.1) is 5.10 Å². The van der Waals surface area contributed by atoms with E-state index in [4.69, 9.17) is 5.11 Å². The van der Waals surface area contributed by atoms with E-state index < -0.39 is 17.1 Å². The maximum Gasteiger partial charge on any atom is 0.305 e. The molecule has 1 unspecified atom stereocenters. The fourth-order valence-corrected chi connectivity index (χ4v) is 3.76. The molecule has 1 fully saturated rings. The number of nitrogens with zero attached hydrogens (tertiary/aromatic N) is 2. The van der Waals surface area contributed by atoms with Crippen LogP contribution in [0.15, 0.2) is 26.8 Å². The van der Waals surface area contributed by atoms with Crippen LogP contribution in [-0.4, -0.2) is 33.6 Å². The molecule has 0 bridgehead atoms. The molecule has 0 saturated carbocycles. The smallest absolute Gasteiger partial charge is 0.305 e. The van der Waals surface area contributed by atoms with Crippen molar-refractivity contribution < 1.29 is 19.1 Å². The summed E-state index contributed by atoms with van der Waals surface area (Å²) in [7, 11) is 0. The molecule has 0 aromatic heterocycles. The third-order valence-electron chi connectivity index (χ3n) is 2.55. The monoisotopic (exact) mass is 499 g/mol. The van der Waals surface area contributed by atoms with Crippen LogP contribution in [0.2, 0.25) is 0 Å². The summed E-state index contributed by atoms with van der Waals surface area (Å²) in [6.45, 7) is 0. The lowest BCUT2D eigenvalue weighted by Crippen LogP contribution is -2.26. The second-order valence-electron chi connectivity index (χ2n) is 4.11. The first-order chi connectivity index (χ1) is 10.4. The SMILES string of the molecule is O=C(O)CC1SC(=NN=Cc2ccc(Br)c(F)c2I)NC1=O. The quantitative estimate of drug-likeness (QED) is 0.288. The highest BCUT2D eigenvalue weighted by Crippen LogP contribution is 2.24. The first-order valence-electron chi connectivity index (χ1n) is 5.82. The van der Waals surface area contributed by atoms with Crippen LogP contribution >= 0.6 is 50.3 Å². The van der Waals surface area contributed by atoms with Gasteiger partial charge in [0, 0.05) is 5.56 Å². The van der Waals surface area contributed by atoms with E-state index in [-0.39, 0.29) is 17.4 Å². The molecule has 1 aliphatic rings. The molecule has 1 saturated heterocycles. The summed E-state index contributed by atoms with van der Waals surface area (Å²) in [6.07, 6.45) is 1.08. The molecular weight excluding hydrogens is 492 g/mol. The molecule has 0 spiro atoms. The molecule has 1 heterocycles. The van der Waals surface area contributed by atoms with Crippen LogP contribution in [0.1, 0.15) is 12.0 Å². The van der Waals surface area contributed by atoms with E-state index >= 15 is 0 Å². The van der Waals surface area contributed by atoms with Crippen LogP contribution in [0.5, 0.6) is 0 Å². The second-order valence-corrected chi connectivity index (χ2v) is 7.23. The van der Waals surface area contributed by atoms with E-state index in [1.54, 1.807) is 12.1 Å². The van der Waals surface area contributed by atoms with Crippen molar-refractivity contribution in [1.29, 1.82) is 0 Å². The van der Waals surface area contributed by atoms with Crippen molar-refractivity contribution in [2.45, 2.75) is 11.7 Å². The van der Waals surface area contributed by atoms with Gasteiger partial charge < -0.3 is 10.4 Å². The van der Waals surface area contributed by atoms with Gasteiger partial charge in [-0.25, -0.2) is 4.39 Å². The summed E-state index contributed by atoms with van der Waals surface area (Å²) in [5.41, 5.74) is 0.544. The standard InChI is InChI=1S/C12H8BrFIN3O3S/c13-6-2-1-5(10(15)9(6)14)4-16-18-12-17-11(21)7(22-12)3-8(19)20/h1-2,4,7H,3H2,(H,19,20)(H,17,18,21). The van der Waals surface area contributed by atoms with E-state index in [1.807, 2.05) is 22.6 Å². The molecule has 6 nitrogen and oxygen atoms in total. The molecule has 10 heteroatoms. The third kappa shape index (κ3) is 4.26. The first kappa shape index (κ1) is 17.3. The van der Waals surface area contributed by atoms with Crippen LogP contribution in [0.3, 0.4) is 0 Å². The number of aliphatic carboxylic acids is 1. The summed E-state index contributed by atoms with van der Waals surface area (Å²) < 4.78 is 14.4. The molecule has 1 amide bonds. The van der Waals surface area contributed by atoms with Gasteiger partial charge >= 0.3 is 5.97 Å². The van der Waals surface area contributed by atoms with E-state index in [2.05, 4.69) is 31.4 Å². The lowest BCUT2D eigenvalue weighted by Gasteiger charge is -2.00. The lowest BCUT2D eigenvalue weighted by atomic mass is 10.2. The van der Waals surface area contributed by atoms with Crippen LogP contribution in [0, 0.1) is 9.39 Å². The molecule has 1 atom stereocenters. The second kappa shape index (κ2) is 7.51. The van der Waals surface area contributed by atoms with Crippen molar-refractivity contribution >= 4 is 73.5 Å². The number of amides is 1. The number of hydrogen-bond acceptors (Lipinski definition) is 5. The number of carboxylic acid groups (broad SMARTS) is 1. The van der Waals surface area contributed by atoms with Crippen molar-refractivity contribution in [1.82, 2.24) is 5.32 Å². The van der Waals surface area contributed by atoms with Gasteiger partial charge in [0.1, 0.15) is 5.25 Å². The fourth-order valence-electron chi connectivity index (χ4n) is 1.53. The van der Waals surface area contributed by atoms with Crippen LogP contribution in [-0.2, 0) is 9.59 Å². The zero-order valence-electron chi connectivity index (χ0n) is 10.7. The van der Waals surface area contributed by atoms with E-state index in [0.29, 0.717) is 13.6 Å². The fraction of sp³-hybridized carbons (Fsp3) is 0.167. The topological polar surface area (TPSA) is 91.1 Å². The van der Waals surface area contributed by atoms with Crippen LogP contribution < -0.4 is 5.32 Å². The zero-order valence-corrected chi connectivity index (χ0v) is 15.3. The Morgan fingerprint density at radius 2 is 2.32 bits per heavy atom. The molecule has 1 aromatic carbocycles. The number of carbonyl (C=O) groups is 2. The van der Waals surface area contributed by atoms with Gasteiger partial charge in [-0.2, -0.15) is 5.10 Å². The minimum atomic E-state index is -1.06. The molecular formula is C12H8BrFIN3O3S. The van der Waals surface area contributed by atoms with E-state index in [1.165, 1.54) is 6.21 Å². The lowest BCUT2D eigenvalue weighted by molar-refractivity contribution is -0.138. The first-order valence-corrected chi connectivity index (χ1v) is 8.57. The number of rotatable bonds is 4. The van der Waals surface area contributed by atoms with Crippen LogP contribution in [0.4, 0.5) is 4.39 Å². The number of thioether (sulfide) groups is 1. The minimum absolute atomic E-state index is 0.222. The minimum Gasteiger partial charge on any atom is -0.481 e.